The number of benzene rings is 1. The first-order chi connectivity index (χ1) is 9.46. The third-order valence-corrected chi connectivity index (χ3v) is 4.56. The molecule has 1 fully saturated rings. The molecule has 0 amide bonds. The maximum absolute atomic E-state index is 6.14. The molecular formula is C17H27BO3. The van der Waals surface area contributed by atoms with Crippen LogP contribution in [0.3, 0.4) is 0 Å². The second-order valence-corrected chi connectivity index (χ2v) is 7.83. The highest BCUT2D eigenvalue weighted by Crippen LogP contribution is 2.37. The zero-order valence-electron chi connectivity index (χ0n) is 14.5. The molecule has 0 N–H and O–H groups in total. The molecule has 0 aliphatic carbocycles. The average molecular weight is 290 g/mol. The van der Waals surface area contributed by atoms with Gasteiger partial charge in [-0.05, 0) is 56.3 Å². The normalized spacial score (nSPS) is 20.7. The number of hydrogen-bond donors (Lipinski definition) is 0. The smallest absolute Gasteiger partial charge is 0.494 e. The van der Waals surface area contributed by atoms with E-state index in [1.807, 2.05) is 6.07 Å². The molecule has 3 nitrogen and oxygen atoms in total. The maximum Gasteiger partial charge on any atom is 0.494 e. The molecule has 0 bridgehead atoms. The van der Waals surface area contributed by atoms with Crippen LogP contribution in [0.1, 0.15) is 54.0 Å². The summed E-state index contributed by atoms with van der Waals surface area (Å²) in [6.07, 6.45) is 0. The van der Waals surface area contributed by atoms with Crippen LogP contribution in [-0.4, -0.2) is 25.4 Å². The minimum atomic E-state index is -0.355. The third kappa shape index (κ3) is 3.11. The van der Waals surface area contributed by atoms with Crippen LogP contribution in [0.15, 0.2) is 18.2 Å². The van der Waals surface area contributed by atoms with E-state index >= 15 is 0 Å². The Bertz CT molecular complexity index is 513. The quantitative estimate of drug-likeness (QED) is 0.782. The first-order valence-corrected chi connectivity index (χ1v) is 7.51. The highest BCUT2D eigenvalue weighted by atomic mass is 16.7. The van der Waals surface area contributed by atoms with Crippen molar-refractivity contribution < 1.29 is 14.0 Å². The molecule has 0 spiro atoms. The van der Waals surface area contributed by atoms with E-state index in [9.17, 15) is 0 Å². The van der Waals surface area contributed by atoms with Gasteiger partial charge in [-0.3, -0.25) is 0 Å². The molecule has 116 valence electrons. The zero-order chi connectivity index (χ0) is 16.1. The Kier molecular flexibility index (Phi) is 3.92. The van der Waals surface area contributed by atoms with Gasteiger partial charge in [0.05, 0.1) is 18.3 Å². The van der Waals surface area contributed by atoms with Crippen molar-refractivity contribution in [3.05, 3.63) is 23.8 Å². The van der Waals surface area contributed by atoms with Crippen molar-refractivity contribution in [1.29, 1.82) is 0 Å². The van der Waals surface area contributed by atoms with E-state index in [1.165, 1.54) is 5.56 Å². The molecular weight excluding hydrogens is 263 g/mol. The molecule has 1 aliphatic rings. The number of hydrogen-bond acceptors (Lipinski definition) is 3. The van der Waals surface area contributed by atoms with E-state index < -0.39 is 0 Å². The minimum absolute atomic E-state index is 0.0485. The van der Waals surface area contributed by atoms with E-state index in [1.54, 1.807) is 7.11 Å². The fraction of sp³-hybridized carbons (Fsp3) is 0.647. The van der Waals surface area contributed by atoms with Crippen LogP contribution in [0.4, 0.5) is 0 Å². The Balaban J connectivity index is 2.42. The highest BCUT2D eigenvalue weighted by molar-refractivity contribution is 6.62. The monoisotopic (exact) mass is 290 g/mol. The summed E-state index contributed by atoms with van der Waals surface area (Å²) in [6, 6.07) is 6.23. The molecule has 4 heteroatoms. The van der Waals surface area contributed by atoms with Gasteiger partial charge in [-0.15, -0.1) is 0 Å². The molecule has 0 aromatic heterocycles. The predicted octanol–water partition coefficient (Wildman–Crippen LogP) is 3.29. The van der Waals surface area contributed by atoms with Crippen molar-refractivity contribution >= 4 is 12.6 Å². The molecule has 21 heavy (non-hydrogen) atoms. The summed E-state index contributed by atoms with van der Waals surface area (Å²) in [7, 11) is 1.33. The predicted molar refractivity (Wildman–Crippen MR) is 87.4 cm³/mol. The van der Waals surface area contributed by atoms with Crippen LogP contribution >= 0.6 is 0 Å². The lowest BCUT2D eigenvalue weighted by atomic mass is 9.75. The summed E-state index contributed by atoms with van der Waals surface area (Å²) in [5.74, 6) is 0.840. The molecule has 1 aromatic carbocycles. The molecule has 0 unspecified atom stereocenters. The Morgan fingerprint density at radius 1 is 0.952 bits per heavy atom. The van der Waals surface area contributed by atoms with Gasteiger partial charge in [0, 0.05) is 0 Å². The van der Waals surface area contributed by atoms with Crippen molar-refractivity contribution in [1.82, 2.24) is 0 Å². The third-order valence-electron chi connectivity index (χ3n) is 4.56. The second-order valence-electron chi connectivity index (χ2n) is 7.83. The van der Waals surface area contributed by atoms with Gasteiger partial charge in [0.25, 0.3) is 0 Å². The average Bonchev–Trinajstić information content (AvgIpc) is 2.57. The summed E-state index contributed by atoms with van der Waals surface area (Å²) >= 11 is 0. The van der Waals surface area contributed by atoms with Gasteiger partial charge >= 0.3 is 7.12 Å². The second kappa shape index (κ2) is 5.03. The van der Waals surface area contributed by atoms with E-state index in [0.29, 0.717) is 0 Å². The molecule has 1 heterocycles. The lowest BCUT2D eigenvalue weighted by Crippen LogP contribution is -2.41. The summed E-state index contributed by atoms with van der Waals surface area (Å²) in [6.45, 7) is 14.8. The molecule has 1 aromatic rings. The van der Waals surface area contributed by atoms with Crippen LogP contribution in [-0.2, 0) is 14.7 Å². The van der Waals surface area contributed by atoms with Gasteiger partial charge in [0.15, 0.2) is 0 Å². The van der Waals surface area contributed by atoms with Crippen LogP contribution in [0.5, 0.6) is 5.75 Å². The number of ether oxygens (including phenoxy) is 1. The maximum atomic E-state index is 6.14. The summed E-state index contributed by atoms with van der Waals surface area (Å²) in [5, 5.41) is 0. The van der Waals surface area contributed by atoms with E-state index in [4.69, 9.17) is 14.0 Å². The van der Waals surface area contributed by atoms with E-state index in [0.717, 1.165) is 11.2 Å². The molecule has 0 atom stereocenters. The first kappa shape index (κ1) is 16.4. The zero-order valence-corrected chi connectivity index (χ0v) is 14.5. The van der Waals surface area contributed by atoms with Crippen LogP contribution in [0.25, 0.3) is 0 Å². The molecule has 0 radical (unpaired) electrons. The van der Waals surface area contributed by atoms with E-state index in [-0.39, 0.29) is 23.7 Å². The Hall–Kier alpha value is -0.995. The Morgan fingerprint density at radius 2 is 1.48 bits per heavy atom. The summed E-state index contributed by atoms with van der Waals surface area (Å²) < 4.78 is 17.7. The van der Waals surface area contributed by atoms with E-state index in [2.05, 4.69) is 60.6 Å². The van der Waals surface area contributed by atoms with Gasteiger partial charge < -0.3 is 14.0 Å². The molecule has 1 aliphatic heterocycles. The van der Waals surface area contributed by atoms with Crippen molar-refractivity contribution in [2.24, 2.45) is 0 Å². The van der Waals surface area contributed by atoms with Crippen molar-refractivity contribution in [2.75, 3.05) is 7.11 Å². The van der Waals surface area contributed by atoms with Crippen LogP contribution < -0.4 is 10.2 Å². The minimum Gasteiger partial charge on any atom is -0.497 e. The fourth-order valence-electron chi connectivity index (χ4n) is 2.29. The van der Waals surface area contributed by atoms with Crippen molar-refractivity contribution in [3.63, 3.8) is 0 Å². The first-order valence-electron chi connectivity index (χ1n) is 7.51. The molecule has 0 saturated carbocycles. The van der Waals surface area contributed by atoms with Crippen LogP contribution in [0, 0.1) is 0 Å². The van der Waals surface area contributed by atoms with Gasteiger partial charge in [-0.1, -0.05) is 26.8 Å². The lowest BCUT2D eigenvalue weighted by molar-refractivity contribution is 0.00578. The van der Waals surface area contributed by atoms with Gasteiger partial charge in [-0.25, -0.2) is 0 Å². The highest BCUT2D eigenvalue weighted by Gasteiger charge is 2.51. The van der Waals surface area contributed by atoms with Crippen molar-refractivity contribution in [2.45, 2.75) is 65.1 Å². The Morgan fingerprint density at radius 3 is 1.90 bits per heavy atom. The fourth-order valence-corrected chi connectivity index (χ4v) is 2.29. The standard InChI is InChI=1S/C17H27BO3/c1-15(2,3)12-9-13(11-14(10-12)19-8)18-20-16(4,5)17(6,7)21-18/h9-11H,1-8H3. The number of rotatable bonds is 2. The lowest BCUT2D eigenvalue weighted by Gasteiger charge is -2.32. The van der Waals surface area contributed by atoms with Gasteiger partial charge in [0.2, 0.25) is 0 Å². The Labute approximate surface area is 129 Å². The SMILES string of the molecule is COc1cc(B2OC(C)(C)C(C)(C)O2)cc(C(C)(C)C)c1. The number of methoxy groups -OCH3 is 1. The largest absolute Gasteiger partial charge is 0.497 e. The van der Waals surface area contributed by atoms with Gasteiger partial charge in [-0.2, -0.15) is 0 Å². The van der Waals surface area contributed by atoms with Gasteiger partial charge in [0.1, 0.15) is 5.75 Å². The molecule has 1 saturated heterocycles. The van der Waals surface area contributed by atoms with Crippen LogP contribution in [0.2, 0.25) is 0 Å². The summed E-state index contributed by atoms with van der Waals surface area (Å²) in [5.41, 5.74) is 1.61. The molecule has 2 rings (SSSR count). The van der Waals surface area contributed by atoms with Crippen molar-refractivity contribution in [3.8, 4) is 5.75 Å². The topological polar surface area (TPSA) is 27.7 Å². The summed E-state index contributed by atoms with van der Waals surface area (Å²) in [4.78, 5) is 0.